The molecule has 2 aliphatic rings. The number of carbonyl (C=O) groups excluding carboxylic acids is 3. The van der Waals surface area contributed by atoms with Crippen molar-refractivity contribution < 1.29 is 19.1 Å². The second kappa shape index (κ2) is 9.49. The smallest absolute Gasteiger partial charge is 0.317 e. The number of piperidine rings is 1. The van der Waals surface area contributed by atoms with Crippen LogP contribution in [0, 0.1) is 0 Å². The molecule has 0 spiro atoms. The summed E-state index contributed by atoms with van der Waals surface area (Å²) in [6.07, 6.45) is 7.59. The topological polar surface area (TPSA) is 87.7 Å². The Labute approximate surface area is 143 Å². The number of carbonyl (C=O) groups is 3. The Balaban J connectivity index is 1.64. The standard InChI is InChI=1S/C17H29N3O4/c1-24-16(22)8-7-15(21)18-14-9-11-20(12-10-14)17(23)19-13-5-3-2-4-6-13/h13-14H,2-12H2,1H3,(H,18,21)(H,19,23). The van der Waals surface area contributed by atoms with Crippen molar-refractivity contribution in [3.63, 3.8) is 0 Å². The Hall–Kier alpha value is -1.79. The third-order valence-corrected chi connectivity index (χ3v) is 4.86. The number of nitrogens with zero attached hydrogens (tertiary/aromatic N) is 1. The van der Waals surface area contributed by atoms with E-state index in [4.69, 9.17) is 0 Å². The van der Waals surface area contributed by atoms with Gasteiger partial charge in [0.1, 0.15) is 0 Å². The number of methoxy groups -OCH3 is 1. The van der Waals surface area contributed by atoms with Crippen molar-refractivity contribution in [2.75, 3.05) is 20.2 Å². The van der Waals surface area contributed by atoms with Crippen molar-refractivity contribution in [1.29, 1.82) is 0 Å². The molecule has 0 aromatic rings. The van der Waals surface area contributed by atoms with Gasteiger partial charge in [-0.1, -0.05) is 19.3 Å². The number of amides is 3. The molecule has 7 nitrogen and oxygen atoms in total. The molecular formula is C17H29N3O4. The number of urea groups is 1. The summed E-state index contributed by atoms with van der Waals surface area (Å²) < 4.78 is 4.52. The second-order valence-electron chi connectivity index (χ2n) is 6.69. The van der Waals surface area contributed by atoms with Crippen molar-refractivity contribution in [3.8, 4) is 0 Å². The number of ether oxygens (including phenoxy) is 1. The van der Waals surface area contributed by atoms with Gasteiger partial charge in [0.05, 0.1) is 13.5 Å². The predicted molar refractivity (Wildman–Crippen MR) is 89.4 cm³/mol. The molecule has 0 bridgehead atoms. The third-order valence-electron chi connectivity index (χ3n) is 4.86. The number of hydrogen-bond acceptors (Lipinski definition) is 4. The van der Waals surface area contributed by atoms with Crippen molar-refractivity contribution in [1.82, 2.24) is 15.5 Å². The molecule has 2 fully saturated rings. The molecule has 0 aromatic carbocycles. The first-order valence-corrected chi connectivity index (χ1v) is 9.00. The molecule has 1 aliphatic carbocycles. The van der Waals surface area contributed by atoms with Gasteiger partial charge in [-0.2, -0.15) is 0 Å². The van der Waals surface area contributed by atoms with E-state index in [1.807, 2.05) is 4.90 Å². The van der Waals surface area contributed by atoms with E-state index in [0.29, 0.717) is 19.1 Å². The molecule has 2 N–H and O–H groups in total. The summed E-state index contributed by atoms with van der Waals surface area (Å²) >= 11 is 0. The van der Waals surface area contributed by atoms with Gasteiger partial charge in [0.15, 0.2) is 0 Å². The fraction of sp³-hybridized carbons (Fsp3) is 0.824. The summed E-state index contributed by atoms with van der Waals surface area (Å²) in [5, 5.41) is 6.07. The maximum Gasteiger partial charge on any atom is 0.317 e. The second-order valence-corrected chi connectivity index (χ2v) is 6.69. The van der Waals surface area contributed by atoms with Gasteiger partial charge < -0.3 is 20.3 Å². The molecule has 1 saturated heterocycles. The Kier molecular flexibility index (Phi) is 7.34. The first-order valence-electron chi connectivity index (χ1n) is 9.00. The van der Waals surface area contributed by atoms with Crippen LogP contribution in [0.5, 0.6) is 0 Å². The summed E-state index contributed by atoms with van der Waals surface area (Å²) in [7, 11) is 1.31. The van der Waals surface area contributed by atoms with Gasteiger partial charge in [-0.3, -0.25) is 9.59 Å². The third kappa shape index (κ3) is 6.02. The molecule has 136 valence electrons. The first kappa shape index (κ1) is 18.5. The molecule has 7 heteroatoms. The highest BCUT2D eigenvalue weighted by Gasteiger charge is 2.25. The average Bonchev–Trinajstić information content (AvgIpc) is 2.61. The monoisotopic (exact) mass is 339 g/mol. The van der Waals surface area contributed by atoms with Crippen LogP contribution in [0.1, 0.15) is 57.8 Å². The summed E-state index contributed by atoms with van der Waals surface area (Å²) in [4.78, 5) is 37.0. The molecule has 1 saturated carbocycles. The van der Waals surface area contributed by atoms with Crippen LogP contribution < -0.4 is 10.6 Å². The summed E-state index contributed by atoms with van der Waals surface area (Å²) in [5.74, 6) is -0.509. The number of rotatable bonds is 5. The highest BCUT2D eigenvalue weighted by atomic mass is 16.5. The fourth-order valence-electron chi connectivity index (χ4n) is 3.36. The number of nitrogens with one attached hydrogen (secondary N) is 2. The van der Waals surface area contributed by atoms with E-state index in [0.717, 1.165) is 25.7 Å². The molecular weight excluding hydrogens is 310 g/mol. The van der Waals surface area contributed by atoms with Crippen LogP contribution in [-0.2, 0) is 14.3 Å². The van der Waals surface area contributed by atoms with Crippen LogP contribution in [0.4, 0.5) is 4.79 Å². The maximum atomic E-state index is 12.3. The Morgan fingerprint density at radius 2 is 1.54 bits per heavy atom. The molecule has 1 heterocycles. The Bertz CT molecular complexity index is 441. The van der Waals surface area contributed by atoms with E-state index in [1.165, 1.54) is 26.4 Å². The zero-order valence-electron chi connectivity index (χ0n) is 14.5. The van der Waals surface area contributed by atoms with Crippen LogP contribution in [-0.4, -0.2) is 55.1 Å². The lowest BCUT2D eigenvalue weighted by Gasteiger charge is -2.34. The minimum atomic E-state index is -0.376. The van der Waals surface area contributed by atoms with Crippen molar-refractivity contribution in [3.05, 3.63) is 0 Å². The SMILES string of the molecule is COC(=O)CCC(=O)NC1CCN(C(=O)NC2CCCCC2)CC1. The van der Waals surface area contributed by atoms with Crippen molar-refractivity contribution in [2.24, 2.45) is 0 Å². The molecule has 0 radical (unpaired) electrons. The zero-order valence-corrected chi connectivity index (χ0v) is 14.5. The quantitative estimate of drug-likeness (QED) is 0.744. The number of esters is 1. The van der Waals surface area contributed by atoms with Crippen LogP contribution in [0.15, 0.2) is 0 Å². The highest BCUT2D eigenvalue weighted by molar-refractivity contribution is 5.81. The lowest BCUT2D eigenvalue weighted by molar-refractivity contribution is -0.142. The van der Waals surface area contributed by atoms with Crippen LogP contribution >= 0.6 is 0 Å². The number of likely N-dealkylation sites (tertiary alicyclic amines) is 1. The predicted octanol–water partition coefficient (Wildman–Crippen LogP) is 1.56. The van der Waals surface area contributed by atoms with Crippen LogP contribution in [0.25, 0.3) is 0 Å². The molecule has 0 aromatic heterocycles. The van der Waals surface area contributed by atoms with Gasteiger partial charge in [-0.15, -0.1) is 0 Å². The van der Waals surface area contributed by atoms with E-state index in [2.05, 4.69) is 15.4 Å². The molecule has 0 unspecified atom stereocenters. The zero-order chi connectivity index (χ0) is 17.4. The first-order chi connectivity index (χ1) is 11.6. The average molecular weight is 339 g/mol. The summed E-state index contributed by atoms with van der Waals surface area (Å²) in [5.41, 5.74) is 0. The van der Waals surface area contributed by atoms with Gasteiger partial charge >= 0.3 is 12.0 Å². The van der Waals surface area contributed by atoms with Crippen LogP contribution in [0.2, 0.25) is 0 Å². The lowest BCUT2D eigenvalue weighted by atomic mass is 9.95. The molecule has 1 aliphatic heterocycles. The van der Waals surface area contributed by atoms with Gasteiger partial charge in [0.2, 0.25) is 5.91 Å². The van der Waals surface area contributed by atoms with E-state index in [-0.39, 0.29) is 36.8 Å². The fourth-order valence-corrected chi connectivity index (χ4v) is 3.36. The minimum absolute atomic E-state index is 0.0253. The summed E-state index contributed by atoms with van der Waals surface area (Å²) in [6.45, 7) is 1.31. The molecule has 0 atom stereocenters. The van der Waals surface area contributed by atoms with Gasteiger partial charge in [-0.25, -0.2) is 4.79 Å². The minimum Gasteiger partial charge on any atom is -0.469 e. The van der Waals surface area contributed by atoms with Gasteiger partial charge in [0.25, 0.3) is 0 Å². The number of hydrogen-bond donors (Lipinski definition) is 2. The van der Waals surface area contributed by atoms with Gasteiger partial charge in [-0.05, 0) is 25.7 Å². The molecule has 3 amide bonds. The lowest BCUT2D eigenvalue weighted by Crippen LogP contribution is -2.51. The maximum absolute atomic E-state index is 12.3. The molecule has 2 rings (SSSR count). The van der Waals surface area contributed by atoms with Crippen LogP contribution in [0.3, 0.4) is 0 Å². The largest absolute Gasteiger partial charge is 0.469 e. The Morgan fingerprint density at radius 1 is 0.917 bits per heavy atom. The van der Waals surface area contributed by atoms with E-state index >= 15 is 0 Å². The van der Waals surface area contributed by atoms with E-state index in [9.17, 15) is 14.4 Å². The normalized spacial score (nSPS) is 19.6. The highest BCUT2D eigenvalue weighted by Crippen LogP contribution is 2.18. The Morgan fingerprint density at radius 3 is 2.17 bits per heavy atom. The summed E-state index contributed by atoms with van der Waals surface area (Å²) in [6, 6.07) is 0.424. The van der Waals surface area contributed by atoms with Crippen molar-refractivity contribution >= 4 is 17.9 Å². The van der Waals surface area contributed by atoms with E-state index in [1.54, 1.807) is 0 Å². The van der Waals surface area contributed by atoms with E-state index < -0.39 is 0 Å². The molecule has 24 heavy (non-hydrogen) atoms. The van der Waals surface area contributed by atoms with Crippen molar-refractivity contribution in [2.45, 2.75) is 69.9 Å². The van der Waals surface area contributed by atoms with Gasteiger partial charge in [0, 0.05) is 31.6 Å².